The Balaban J connectivity index is 0.00000169. The maximum atomic E-state index is 13.0. The average molecular weight is 408 g/mol. The van der Waals surface area contributed by atoms with Crippen LogP contribution < -0.4 is 5.73 Å². The maximum Gasteiger partial charge on any atom is 0.227 e. The van der Waals surface area contributed by atoms with Crippen LogP contribution in [0.5, 0.6) is 0 Å². The SMILES string of the molecule is CC1(N)CCCCC1C(=O)N1CCCN(CC2CCCCC2)CC1.Cl.Cl. The van der Waals surface area contributed by atoms with Crippen molar-refractivity contribution in [1.82, 2.24) is 9.80 Å². The van der Waals surface area contributed by atoms with Crippen molar-refractivity contribution in [2.24, 2.45) is 17.6 Å². The van der Waals surface area contributed by atoms with Crippen molar-refractivity contribution in [3.05, 3.63) is 0 Å². The van der Waals surface area contributed by atoms with E-state index < -0.39 is 0 Å². The van der Waals surface area contributed by atoms with Gasteiger partial charge in [-0.05, 0) is 51.5 Å². The van der Waals surface area contributed by atoms with E-state index in [2.05, 4.69) is 16.7 Å². The first kappa shape index (κ1) is 24.0. The van der Waals surface area contributed by atoms with Crippen LogP contribution in [0.3, 0.4) is 0 Å². The Morgan fingerprint density at radius 2 is 1.62 bits per heavy atom. The van der Waals surface area contributed by atoms with Gasteiger partial charge in [0, 0.05) is 31.7 Å². The summed E-state index contributed by atoms with van der Waals surface area (Å²) in [7, 11) is 0. The van der Waals surface area contributed by atoms with Crippen molar-refractivity contribution in [2.45, 2.75) is 76.7 Å². The zero-order valence-electron chi connectivity index (χ0n) is 16.5. The summed E-state index contributed by atoms with van der Waals surface area (Å²) in [5, 5.41) is 0. The topological polar surface area (TPSA) is 49.6 Å². The van der Waals surface area contributed by atoms with Crippen LogP contribution in [-0.2, 0) is 4.79 Å². The Labute approximate surface area is 172 Å². The van der Waals surface area contributed by atoms with Gasteiger partial charge in [0.15, 0.2) is 0 Å². The van der Waals surface area contributed by atoms with E-state index in [0.717, 1.165) is 57.8 Å². The second-order valence-electron chi connectivity index (χ2n) is 8.79. The summed E-state index contributed by atoms with van der Waals surface area (Å²) in [5.74, 6) is 1.27. The lowest BCUT2D eigenvalue weighted by molar-refractivity contribution is -0.138. The van der Waals surface area contributed by atoms with Crippen LogP contribution in [0.15, 0.2) is 0 Å². The van der Waals surface area contributed by atoms with E-state index in [9.17, 15) is 4.79 Å². The monoisotopic (exact) mass is 407 g/mol. The molecule has 4 nitrogen and oxygen atoms in total. The first-order valence-electron chi connectivity index (χ1n) is 10.4. The molecule has 154 valence electrons. The van der Waals surface area contributed by atoms with Crippen LogP contribution in [-0.4, -0.2) is 54.0 Å². The largest absolute Gasteiger partial charge is 0.341 e. The van der Waals surface area contributed by atoms with Gasteiger partial charge < -0.3 is 15.5 Å². The van der Waals surface area contributed by atoms with Gasteiger partial charge in [0.05, 0.1) is 5.92 Å². The quantitative estimate of drug-likeness (QED) is 0.772. The van der Waals surface area contributed by atoms with E-state index in [0.29, 0.717) is 5.91 Å². The van der Waals surface area contributed by atoms with E-state index in [1.807, 2.05) is 0 Å². The molecule has 1 amide bonds. The fourth-order valence-electron chi connectivity index (χ4n) is 5.09. The first-order chi connectivity index (χ1) is 11.6. The summed E-state index contributed by atoms with van der Waals surface area (Å²) in [5.41, 5.74) is 6.16. The molecular formula is C20H39Cl2N3O. The Kier molecular flexibility index (Phi) is 10.2. The standard InChI is InChI=1S/C20H37N3O.2ClH/c1-20(21)11-6-5-10-18(20)19(24)23-13-7-12-22(14-15-23)16-17-8-3-2-4-9-17;;/h17-18H,2-16,21H2,1H3;2*1H. The molecule has 6 heteroatoms. The van der Waals surface area contributed by atoms with Crippen molar-refractivity contribution in [3.8, 4) is 0 Å². The number of rotatable bonds is 3. The molecule has 3 rings (SSSR count). The van der Waals surface area contributed by atoms with Gasteiger partial charge in [-0.2, -0.15) is 0 Å². The van der Waals surface area contributed by atoms with Crippen molar-refractivity contribution < 1.29 is 4.79 Å². The number of nitrogens with two attached hydrogens (primary N) is 1. The zero-order valence-corrected chi connectivity index (χ0v) is 18.1. The highest BCUT2D eigenvalue weighted by Crippen LogP contribution is 2.33. The molecule has 0 aromatic heterocycles. The molecule has 0 aromatic rings. The van der Waals surface area contributed by atoms with Gasteiger partial charge in [-0.15, -0.1) is 24.8 Å². The van der Waals surface area contributed by atoms with Crippen LogP contribution in [0.2, 0.25) is 0 Å². The van der Waals surface area contributed by atoms with Crippen LogP contribution in [0.4, 0.5) is 0 Å². The van der Waals surface area contributed by atoms with E-state index in [4.69, 9.17) is 5.73 Å². The number of hydrogen-bond donors (Lipinski definition) is 1. The maximum absolute atomic E-state index is 13.0. The molecule has 2 unspecified atom stereocenters. The minimum Gasteiger partial charge on any atom is -0.341 e. The number of carbonyl (C=O) groups excluding carboxylic acids is 1. The third-order valence-corrected chi connectivity index (χ3v) is 6.69. The number of halogens is 2. The molecule has 0 radical (unpaired) electrons. The Bertz CT molecular complexity index is 427. The molecular weight excluding hydrogens is 369 g/mol. The predicted molar refractivity (Wildman–Crippen MR) is 113 cm³/mol. The highest BCUT2D eigenvalue weighted by Gasteiger charge is 2.40. The lowest BCUT2D eigenvalue weighted by atomic mass is 9.74. The van der Waals surface area contributed by atoms with Gasteiger partial charge in [-0.1, -0.05) is 32.1 Å². The third kappa shape index (κ3) is 6.25. The van der Waals surface area contributed by atoms with Crippen molar-refractivity contribution in [2.75, 3.05) is 32.7 Å². The van der Waals surface area contributed by atoms with Gasteiger partial charge in [0.1, 0.15) is 0 Å². The summed E-state index contributed by atoms with van der Waals surface area (Å²) in [6, 6.07) is 0. The molecule has 0 bridgehead atoms. The van der Waals surface area contributed by atoms with Crippen molar-refractivity contribution in [1.29, 1.82) is 0 Å². The molecule has 3 aliphatic rings. The van der Waals surface area contributed by atoms with Crippen LogP contribution >= 0.6 is 24.8 Å². The second-order valence-corrected chi connectivity index (χ2v) is 8.79. The van der Waals surface area contributed by atoms with Gasteiger partial charge in [0.2, 0.25) is 5.91 Å². The van der Waals surface area contributed by atoms with E-state index in [1.54, 1.807) is 0 Å². The Hall–Kier alpha value is -0.0300. The van der Waals surface area contributed by atoms with E-state index in [-0.39, 0.29) is 36.3 Å². The minimum absolute atomic E-state index is 0. The summed E-state index contributed by atoms with van der Waals surface area (Å²) >= 11 is 0. The normalized spacial score (nSPS) is 31.5. The van der Waals surface area contributed by atoms with Crippen LogP contribution in [0.1, 0.15) is 71.1 Å². The molecule has 0 spiro atoms. The number of nitrogens with zero attached hydrogens (tertiary/aromatic N) is 2. The van der Waals surface area contributed by atoms with Gasteiger partial charge >= 0.3 is 0 Å². The molecule has 1 saturated heterocycles. The summed E-state index contributed by atoms with van der Waals surface area (Å²) in [6.07, 6.45) is 12.5. The Morgan fingerprint density at radius 3 is 2.31 bits per heavy atom. The Morgan fingerprint density at radius 1 is 0.923 bits per heavy atom. The number of amides is 1. The van der Waals surface area contributed by atoms with Crippen molar-refractivity contribution in [3.63, 3.8) is 0 Å². The lowest BCUT2D eigenvalue weighted by Gasteiger charge is -2.39. The molecule has 3 fully saturated rings. The lowest BCUT2D eigenvalue weighted by Crippen LogP contribution is -2.54. The fourth-order valence-corrected chi connectivity index (χ4v) is 5.09. The van der Waals surface area contributed by atoms with Gasteiger partial charge in [0.25, 0.3) is 0 Å². The number of hydrogen-bond acceptors (Lipinski definition) is 3. The van der Waals surface area contributed by atoms with Crippen LogP contribution in [0.25, 0.3) is 0 Å². The molecule has 1 heterocycles. The second kappa shape index (κ2) is 11.1. The summed E-state index contributed by atoms with van der Waals surface area (Å²) in [4.78, 5) is 17.8. The first-order valence-corrected chi connectivity index (χ1v) is 10.4. The molecule has 2 atom stereocenters. The molecule has 0 aromatic carbocycles. The molecule has 1 aliphatic heterocycles. The van der Waals surface area contributed by atoms with Crippen LogP contribution in [0, 0.1) is 11.8 Å². The van der Waals surface area contributed by atoms with E-state index >= 15 is 0 Å². The highest BCUT2D eigenvalue weighted by atomic mass is 35.5. The fraction of sp³-hybridized carbons (Fsp3) is 0.950. The van der Waals surface area contributed by atoms with Crippen molar-refractivity contribution >= 4 is 30.7 Å². The molecule has 2 saturated carbocycles. The molecule has 26 heavy (non-hydrogen) atoms. The highest BCUT2D eigenvalue weighted by molar-refractivity contribution is 5.85. The summed E-state index contributed by atoms with van der Waals surface area (Å²) in [6.45, 7) is 7.37. The zero-order chi connectivity index (χ0) is 17.0. The van der Waals surface area contributed by atoms with Gasteiger partial charge in [-0.3, -0.25) is 4.79 Å². The number of carbonyl (C=O) groups is 1. The average Bonchev–Trinajstić information content (AvgIpc) is 2.80. The minimum atomic E-state index is -0.302. The predicted octanol–water partition coefficient (Wildman–Crippen LogP) is 3.85. The molecule has 2 aliphatic carbocycles. The smallest absolute Gasteiger partial charge is 0.227 e. The van der Waals surface area contributed by atoms with Gasteiger partial charge in [-0.25, -0.2) is 0 Å². The van der Waals surface area contributed by atoms with E-state index in [1.165, 1.54) is 45.1 Å². The summed E-state index contributed by atoms with van der Waals surface area (Å²) < 4.78 is 0. The molecule has 2 N–H and O–H groups in total. The third-order valence-electron chi connectivity index (χ3n) is 6.69.